The van der Waals surface area contributed by atoms with Gasteiger partial charge in [-0.25, -0.2) is 0 Å². The van der Waals surface area contributed by atoms with Gasteiger partial charge in [-0.3, -0.25) is 9.59 Å². The molecule has 0 spiro atoms. The molecule has 0 radical (unpaired) electrons. The Hall–Kier alpha value is -0.810. The van der Waals surface area contributed by atoms with E-state index in [-0.39, 0.29) is 24.2 Å². The lowest BCUT2D eigenvalue weighted by atomic mass is 9.98. The van der Waals surface area contributed by atoms with Gasteiger partial charge in [-0.15, -0.1) is 12.4 Å². The molecule has 2 amide bonds. The minimum absolute atomic E-state index is 0. The maximum absolute atomic E-state index is 11.7. The maximum atomic E-state index is 11.7. The molecule has 0 aliphatic heterocycles. The zero-order valence-electron chi connectivity index (χ0n) is 9.54. The fraction of sp³-hybridized carbons (Fsp3) is 0.800. The van der Waals surface area contributed by atoms with Crippen LogP contribution in [0.4, 0.5) is 0 Å². The van der Waals surface area contributed by atoms with Crippen molar-refractivity contribution in [3.8, 4) is 0 Å². The van der Waals surface area contributed by atoms with E-state index in [9.17, 15) is 9.59 Å². The summed E-state index contributed by atoms with van der Waals surface area (Å²) in [6.07, 6.45) is 3.57. The van der Waals surface area contributed by atoms with Crippen molar-refractivity contribution in [2.24, 2.45) is 5.73 Å². The standard InChI is InChI=1S/C10H19N3O2.ClH/c1-8(14)12-6-7-13-9(15)10(11)4-2-3-5-10;/h2-7,11H2,1H3,(H,12,14)(H,13,15);1H. The molecule has 0 atom stereocenters. The molecule has 0 bridgehead atoms. The summed E-state index contributed by atoms with van der Waals surface area (Å²) in [6, 6.07) is 0. The van der Waals surface area contributed by atoms with Gasteiger partial charge in [-0.05, 0) is 12.8 Å². The number of carbonyl (C=O) groups excluding carboxylic acids is 2. The number of nitrogens with two attached hydrogens (primary N) is 1. The first-order chi connectivity index (χ1) is 7.04. The van der Waals surface area contributed by atoms with Crippen LogP contribution in [-0.4, -0.2) is 30.4 Å². The van der Waals surface area contributed by atoms with E-state index < -0.39 is 5.54 Å². The SMILES string of the molecule is CC(=O)NCCNC(=O)C1(N)CCCC1.Cl. The smallest absolute Gasteiger partial charge is 0.240 e. The van der Waals surface area contributed by atoms with E-state index in [1.165, 1.54) is 6.92 Å². The second-order valence-corrected chi connectivity index (χ2v) is 4.10. The number of nitrogens with one attached hydrogen (secondary N) is 2. The van der Waals surface area contributed by atoms with Gasteiger partial charge in [-0.1, -0.05) is 12.8 Å². The first-order valence-electron chi connectivity index (χ1n) is 5.36. The molecule has 5 nitrogen and oxygen atoms in total. The Morgan fingerprint density at radius 2 is 1.69 bits per heavy atom. The van der Waals surface area contributed by atoms with Crippen LogP contribution in [0.15, 0.2) is 0 Å². The molecule has 1 saturated carbocycles. The molecule has 1 aliphatic rings. The Balaban J connectivity index is 0.00000225. The summed E-state index contributed by atoms with van der Waals surface area (Å²) < 4.78 is 0. The van der Waals surface area contributed by atoms with E-state index in [0.717, 1.165) is 25.7 Å². The van der Waals surface area contributed by atoms with Gasteiger partial charge in [0.1, 0.15) is 0 Å². The third-order valence-corrected chi connectivity index (χ3v) is 2.73. The van der Waals surface area contributed by atoms with Crippen molar-refractivity contribution in [2.45, 2.75) is 38.1 Å². The van der Waals surface area contributed by atoms with Crippen molar-refractivity contribution in [1.82, 2.24) is 10.6 Å². The average Bonchev–Trinajstić information content (AvgIpc) is 2.60. The predicted octanol–water partition coefficient (Wildman–Crippen LogP) is -0.0680. The average molecular weight is 250 g/mol. The normalized spacial score (nSPS) is 17.4. The third kappa shape index (κ3) is 4.37. The van der Waals surface area contributed by atoms with Crippen LogP contribution in [0.25, 0.3) is 0 Å². The summed E-state index contributed by atoms with van der Waals surface area (Å²) in [4.78, 5) is 22.2. The van der Waals surface area contributed by atoms with Gasteiger partial charge in [0.15, 0.2) is 0 Å². The monoisotopic (exact) mass is 249 g/mol. The first kappa shape index (κ1) is 15.2. The summed E-state index contributed by atoms with van der Waals surface area (Å²) in [5, 5.41) is 5.35. The Morgan fingerprint density at radius 1 is 1.19 bits per heavy atom. The van der Waals surface area contributed by atoms with Gasteiger partial charge in [0.2, 0.25) is 11.8 Å². The minimum Gasteiger partial charge on any atom is -0.355 e. The highest BCUT2D eigenvalue weighted by Crippen LogP contribution is 2.26. The number of halogens is 1. The van der Waals surface area contributed by atoms with Gasteiger partial charge in [0.05, 0.1) is 5.54 Å². The van der Waals surface area contributed by atoms with Crippen LogP contribution in [0.3, 0.4) is 0 Å². The third-order valence-electron chi connectivity index (χ3n) is 2.73. The predicted molar refractivity (Wildman–Crippen MR) is 64.3 cm³/mol. The summed E-state index contributed by atoms with van der Waals surface area (Å²) in [5.74, 6) is -0.182. The lowest BCUT2D eigenvalue weighted by molar-refractivity contribution is -0.126. The van der Waals surface area contributed by atoms with Crippen LogP contribution in [-0.2, 0) is 9.59 Å². The van der Waals surface area contributed by atoms with Gasteiger partial charge in [-0.2, -0.15) is 0 Å². The molecular weight excluding hydrogens is 230 g/mol. The first-order valence-corrected chi connectivity index (χ1v) is 5.36. The quantitative estimate of drug-likeness (QED) is 0.610. The van der Waals surface area contributed by atoms with Crippen LogP contribution in [0.1, 0.15) is 32.6 Å². The summed E-state index contributed by atoms with van der Waals surface area (Å²) in [7, 11) is 0. The number of hydrogen-bond acceptors (Lipinski definition) is 3. The largest absolute Gasteiger partial charge is 0.355 e. The Labute approximate surface area is 102 Å². The molecule has 6 heteroatoms. The van der Waals surface area contributed by atoms with Crippen molar-refractivity contribution in [2.75, 3.05) is 13.1 Å². The molecular formula is C10H20ClN3O2. The summed E-state index contributed by atoms with van der Waals surface area (Å²) >= 11 is 0. The van der Waals surface area contributed by atoms with Crippen LogP contribution in [0.2, 0.25) is 0 Å². The van der Waals surface area contributed by atoms with E-state index in [2.05, 4.69) is 10.6 Å². The Bertz CT molecular complexity index is 252. The molecule has 0 unspecified atom stereocenters. The van der Waals surface area contributed by atoms with E-state index in [1.807, 2.05) is 0 Å². The molecule has 16 heavy (non-hydrogen) atoms. The highest BCUT2D eigenvalue weighted by Gasteiger charge is 2.36. The van der Waals surface area contributed by atoms with E-state index >= 15 is 0 Å². The number of hydrogen-bond donors (Lipinski definition) is 3. The molecule has 0 aromatic heterocycles. The van der Waals surface area contributed by atoms with Crippen molar-refractivity contribution < 1.29 is 9.59 Å². The fourth-order valence-corrected chi connectivity index (χ4v) is 1.82. The second kappa shape index (κ2) is 6.70. The lowest BCUT2D eigenvalue weighted by Gasteiger charge is -2.22. The second-order valence-electron chi connectivity index (χ2n) is 4.10. The van der Waals surface area contributed by atoms with Gasteiger partial charge in [0, 0.05) is 20.0 Å². The van der Waals surface area contributed by atoms with Gasteiger partial charge < -0.3 is 16.4 Å². The number of amides is 2. The molecule has 1 aliphatic carbocycles. The van der Waals surface area contributed by atoms with Gasteiger partial charge >= 0.3 is 0 Å². The van der Waals surface area contributed by atoms with Crippen LogP contribution >= 0.6 is 12.4 Å². The maximum Gasteiger partial charge on any atom is 0.240 e. The molecule has 0 saturated heterocycles. The molecule has 1 fully saturated rings. The lowest BCUT2D eigenvalue weighted by Crippen LogP contribution is -2.53. The molecule has 0 aromatic carbocycles. The van der Waals surface area contributed by atoms with Crippen molar-refractivity contribution in [3.05, 3.63) is 0 Å². The van der Waals surface area contributed by atoms with Gasteiger partial charge in [0.25, 0.3) is 0 Å². The summed E-state index contributed by atoms with van der Waals surface area (Å²) in [5.41, 5.74) is 5.27. The Morgan fingerprint density at radius 3 is 2.19 bits per heavy atom. The molecule has 0 heterocycles. The topological polar surface area (TPSA) is 84.2 Å². The minimum atomic E-state index is -0.670. The zero-order valence-corrected chi connectivity index (χ0v) is 10.4. The zero-order chi connectivity index (χ0) is 11.3. The van der Waals surface area contributed by atoms with Crippen LogP contribution in [0.5, 0.6) is 0 Å². The van der Waals surface area contributed by atoms with Crippen molar-refractivity contribution in [1.29, 1.82) is 0 Å². The number of rotatable bonds is 4. The molecule has 4 N–H and O–H groups in total. The molecule has 0 aromatic rings. The van der Waals surface area contributed by atoms with Crippen molar-refractivity contribution in [3.63, 3.8) is 0 Å². The molecule has 94 valence electrons. The summed E-state index contributed by atoms with van der Waals surface area (Å²) in [6.45, 7) is 2.34. The number of carbonyl (C=O) groups is 2. The fourth-order valence-electron chi connectivity index (χ4n) is 1.82. The van der Waals surface area contributed by atoms with E-state index in [1.54, 1.807) is 0 Å². The van der Waals surface area contributed by atoms with Crippen molar-refractivity contribution >= 4 is 24.2 Å². The molecule has 1 rings (SSSR count). The van der Waals surface area contributed by atoms with E-state index in [4.69, 9.17) is 5.73 Å². The highest BCUT2D eigenvalue weighted by atomic mass is 35.5. The van der Waals surface area contributed by atoms with Crippen LogP contribution < -0.4 is 16.4 Å². The Kier molecular flexibility index (Phi) is 6.36. The van der Waals surface area contributed by atoms with E-state index in [0.29, 0.717) is 13.1 Å². The van der Waals surface area contributed by atoms with Crippen LogP contribution in [0, 0.1) is 0 Å². The highest BCUT2D eigenvalue weighted by molar-refractivity contribution is 5.86.